The van der Waals surface area contributed by atoms with Crippen LogP contribution in [0.5, 0.6) is 11.5 Å². The van der Waals surface area contributed by atoms with Crippen molar-refractivity contribution < 1.29 is 4.74 Å². The van der Waals surface area contributed by atoms with Crippen LogP contribution in [0.4, 0.5) is 17.1 Å². The molecule has 1 spiro atoms. The summed E-state index contributed by atoms with van der Waals surface area (Å²) in [6, 6.07) is 86.5. The topological polar surface area (TPSA) is 12.5 Å². The van der Waals surface area contributed by atoms with Crippen LogP contribution in [0.1, 0.15) is 22.3 Å². The average Bonchev–Trinajstić information content (AvgIpc) is 3.88. The Morgan fingerprint density at radius 3 is 1.58 bits per heavy atom. The normalized spacial score (nSPS) is 12.9. The number of benzene rings is 10. The van der Waals surface area contributed by atoms with E-state index < -0.39 is 5.41 Å². The van der Waals surface area contributed by atoms with Crippen LogP contribution in [-0.2, 0) is 5.41 Å². The van der Waals surface area contributed by atoms with Crippen molar-refractivity contribution in [2.24, 2.45) is 0 Å². The second-order valence-electron chi connectivity index (χ2n) is 16.7. The van der Waals surface area contributed by atoms with Gasteiger partial charge < -0.3 is 9.64 Å². The van der Waals surface area contributed by atoms with Crippen molar-refractivity contribution >= 4 is 48.6 Å². The number of thiophene rings is 1. The number of rotatable bonds is 6. The first-order valence-corrected chi connectivity index (χ1v) is 22.7. The van der Waals surface area contributed by atoms with Gasteiger partial charge in [0.1, 0.15) is 11.5 Å². The Labute approximate surface area is 376 Å². The lowest BCUT2D eigenvalue weighted by atomic mass is 9.66. The number of anilines is 3. The summed E-state index contributed by atoms with van der Waals surface area (Å²) in [6.45, 7) is 0. The highest BCUT2D eigenvalue weighted by Gasteiger charge is 2.51. The molecule has 10 aromatic carbocycles. The number of hydrogen-bond acceptors (Lipinski definition) is 3. The maximum absolute atomic E-state index is 6.72. The molecule has 0 unspecified atom stereocenters. The maximum atomic E-state index is 6.72. The van der Waals surface area contributed by atoms with E-state index in [0.717, 1.165) is 45.3 Å². The van der Waals surface area contributed by atoms with Gasteiger partial charge in [-0.3, -0.25) is 0 Å². The minimum Gasteiger partial charge on any atom is -0.457 e. The molecule has 13 rings (SSSR count). The number of fused-ring (bicyclic) bond motifs is 12. The molecule has 0 amide bonds. The fourth-order valence-corrected chi connectivity index (χ4v) is 11.8. The first-order valence-electron chi connectivity index (χ1n) is 21.9. The molecule has 11 aromatic rings. The van der Waals surface area contributed by atoms with Crippen LogP contribution in [-0.4, -0.2) is 0 Å². The first kappa shape index (κ1) is 36.7. The van der Waals surface area contributed by atoms with Gasteiger partial charge in [-0.2, -0.15) is 0 Å². The summed E-state index contributed by atoms with van der Waals surface area (Å²) in [5.74, 6) is 1.78. The summed E-state index contributed by atoms with van der Waals surface area (Å²) in [5.41, 5.74) is 17.1. The molecule has 0 saturated heterocycles. The van der Waals surface area contributed by atoms with Gasteiger partial charge in [0.15, 0.2) is 0 Å². The van der Waals surface area contributed by atoms with E-state index in [4.69, 9.17) is 4.74 Å². The van der Waals surface area contributed by atoms with Gasteiger partial charge in [0, 0.05) is 48.2 Å². The van der Waals surface area contributed by atoms with E-state index in [-0.39, 0.29) is 0 Å². The molecule has 2 nitrogen and oxygen atoms in total. The number of nitrogens with zero attached hydrogens (tertiary/aromatic N) is 1. The van der Waals surface area contributed by atoms with Gasteiger partial charge in [-0.15, -0.1) is 11.3 Å². The van der Waals surface area contributed by atoms with Crippen molar-refractivity contribution in [3.05, 3.63) is 259 Å². The molecular weight excluding hydrogens is 795 g/mol. The molecule has 0 atom stereocenters. The van der Waals surface area contributed by atoms with Crippen LogP contribution in [0.25, 0.3) is 64.7 Å². The van der Waals surface area contributed by atoms with Crippen molar-refractivity contribution in [1.29, 1.82) is 0 Å². The molecule has 1 aromatic heterocycles. The Balaban J connectivity index is 1.08. The molecule has 0 radical (unpaired) electrons. The highest BCUT2D eigenvalue weighted by Crippen LogP contribution is 2.63. The lowest BCUT2D eigenvalue weighted by Gasteiger charge is -2.39. The third-order valence-electron chi connectivity index (χ3n) is 13.4. The van der Waals surface area contributed by atoms with E-state index in [2.05, 4.69) is 241 Å². The molecule has 64 heavy (non-hydrogen) atoms. The van der Waals surface area contributed by atoms with E-state index >= 15 is 0 Å². The fraction of sp³-hybridized carbons (Fsp3) is 0.0164. The molecule has 2 heterocycles. The highest BCUT2D eigenvalue weighted by atomic mass is 32.1. The zero-order valence-electron chi connectivity index (χ0n) is 34.8. The van der Waals surface area contributed by atoms with Crippen LogP contribution < -0.4 is 9.64 Å². The molecule has 2 aliphatic rings. The zero-order valence-corrected chi connectivity index (χ0v) is 35.6. The molecule has 300 valence electrons. The monoisotopic (exact) mass is 833 g/mol. The summed E-state index contributed by atoms with van der Waals surface area (Å²) >= 11 is 1.86. The van der Waals surface area contributed by atoms with E-state index in [0.29, 0.717) is 0 Å². The maximum Gasteiger partial charge on any atom is 0.132 e. The smallest absolute Gasteiger partial charge is 0.132 e. The van der Waals surface area contributed by atoms with Gasteiger partial charge in [0.05, 0.1) is 11.1 Å². The molecule has 0 N–H and O–H groups in total. The quantitative estimate of drug-likeness (QED) is 0.165. The van der Waals surface area contributed by atoms with Crippen LogP contribution in [0, 0.1) is 0 Å². The number of para-hydroxylation sites is 3. The van der Waals surface area contributed by atoms with E-state index in [1.165, 1.54) is 70.2 Å². The number of ether oxygens (including phenoxy) is 1. The van der Waals surface area contributed by atoms with E-state index in [1.54, 1.807) is 0 Å². The Morgan fingerprint density at radius 2 is 0.828 bits per heavy atom. The van der Waals surface area contributed by atoms with Gasteiger partial charge in [-0.1, -0.05) is 188 Å². The van der Waals surface area contributed by atoms with Crippen LogP contribution >= 0.6 is 11.3 Å². The van der Waals surface area contributed by atoms with Crippen LogP contribution in [0.3, 0.4) is 0 Å². The standard InChI is InChI=1S/C61H39NOS/c1-2-18-40(19-3-1)43-20-4-5-21-44(43)45-22-6-7-23-46(45)49-25-9-14-30-56(49)62(42-35-37-51-50-26-10-17-33-59(50)64-60(51)39-42)41-34-36-48-47-24-8-11-27-52(47)61(55(48)38-41)53-28-12-15-31-57(53)63-58-32-16-13-29-54(58)61/h1-39H. The molecule has 0 bridgehead atoms. The van der Waals surface area contributed by atoms with Gasteiger partial charge in [0.2, 0.25) is 0 Å². The third-order valence-corrected chi connectivity index (χ3v) is 14.5. The molecule has 1 aliphatic heterocycles. The predicted octanol–water partition coefficient (Wildman–Crippen LogP) is 17.0. The summed E-state index contributed by atoms with van der Waals surface area (Å²) in [5, 5.41) is 2.57. The summed E-state index contributed by atoms with van der Waals surface area (Å²) < 4.78 is 9.27. The predicted molar refractivity (Wildman–Crippen MR) is 268 cm³/mol. The first-order chi connectivity index (χ1) is 31.8. The lowest BCUT2D eigenvalue weighted by Crippen LogP contribution is -2.32. The van der Waals surface area contributed by atoms with Crippen molar-refractivity contribution in [3.8, 4) is 56.0 Å². The Morgan fingerprint density at radius 1 is 0.328 bits per heavy atom. The Kier molecular flexibility index (Phi) is 8.34. The van der Waals surface area contributed by atoms with E-state index in [9.17, 15) is 0 Å². The fourth-order valence-electron chi connectivity index (χ4n) is 10.7. The van der Waals surface area contributed by atoms with Crippen LogP contribution in [0.15, 0.2) is 237 Å². The Bertz CT molecular complexity index is 3580. The minimum absolute atomic E-state index is 0.595. The lowest BCUT2D eigenvalue weighted by molar-refractivity contribution is 0.436. The molecule has 3 heteroatoms. The SMILES string of the molecule is c1ccc(-c2ccccc2-c2ccccc2-c2ccccc2N(c2ccc3c(c2)C2(c4ccccc4Oc4ccccc42)c2ccccc2-3)c2ccc3c(c2)sc2ccccc23)cc1. The van der Waals surface area contributed by atoms with Crippen molar-refractivity contribution in [2.45, 2.75) is 5.41 Å². The van der Waals surface area contributed by atoms with E-state index in [1.807, 2.05) is 11.3 Å². The molecule has 0 saturated carbocycles. The highest BCUT2D eigenvalue weighted by molar-refractivity contribution is 7.25. The summed E-state index contributed by atoms with van der Waals surface area (Å²) in [4.78, 5) is 2.49. The van der Waals surface area contributed by atoms with Crippen molar-refractivity contribution in [1.82, 2.24) is 0 Å². The molecule has 1 aliphatic carbocycles. The van der Waals surface area contributed by atoms with Crippen LogP contribution in [0.2, 0.25) is 0 Å². The molecule has 0 fully saturated rings. The second-order valence-corrected chi connectivity index (χ2v) is 17.8. The van der Waals surface area contributed by atoms with Gasteiger partial charge in [0.25, 0.3) is 0 Å². The van der Waals surface area contributed by atoms with Crippen molar-refractivity contribution in [2.75, 3.05) is 4.90 Å². The number of hydrogen-bond donors (Lipinski definition) is 0. The largest absolute Gasteiger partial charge is 0.457 e. The average molecular weight is 834 g/mol. The van der Waals surface area contributed by atoms with Crippen molar-refractivity contribution in [3.63, 3.8) is 0 Å². The summed E-state index contributed by atoms with van der Waals surface area (Å²) in [7, 11) is 0. The molecular formula is C61H39NOS. The van der Waals surface area contributed by atoms with Gasteiger partial charge >= 0.3 is 0 Å². The second kappa shape index (κ2) is 14.6. The van der Waals surface area contributed by atoms with Gasteiger partial charge in [-0.25, -0.2) is 0 Å². The summed E-state index contributed by atoms with van der Waals surface area (Å²) in [6.07, 6.45) is 0. The van der Waals surface area contributed by atoms with Gasteiger partial charge in [-0.05, 0) is 98.6 Å². The third kappa shape index (κ3) is 5.44. The zero-order chi connectivity index (χ0) is 42.2. The Hall–Kier alpha value is -7.98. The minimum atomic E-state index is -0.595.